The molecular formula is C10H16N2O. The highest BCUT2D eigenvalue weighted by Crippen LogP contribution is 2.32. The molecule has 0 fully saturated rings. The number of benzene rings is 1. The molecule has 0 radical (unpaired) electrons. The maximum Gasteiger partial charge on any atom is 0.143 e. The van der Waals surface area contributed by atoms with E-state index in [0.29, 0.717) is 5.69 Å². The van der Waals surface area contributed by atoms with E-state index in [9.17, 15) is 5.11 Å². The van der Waals surface area contributed by atoms with Gasteiger partial charge in [0.2, 0.25) is 0 Å². The first kappa shape index (κ1) is 9.86. The fourth-order valence-corrected chi connectivity index (χ4v) is 1.40. The number of phenolic OH excluding ortho intramolecular Hbond substituents is 1. The summed E-state index contributed by atoms with van der Waals surface area (Å²) in [4.78, 5) is 0. The Labute approximate surface area is 78.4 Å². The lowest BCUT2D eigenvalue weighted by molar-refractivity contribution is 0.462. The predicted molar refractivity (Wildman–Crippen MR) is 54.5 cm³/mol. The lowest BCUT2D eigenvalue weighted by atomic mass is 9.98. The van der Waals surface area contributed by atoms with Crippen LogP contribution in [0.4, 0.5) is 5.69 Å². The lowest BCUT2D eigenvalue weighted by Gasteiger charge is -2.15. The van der Waals surface area contributed by atoms with E-state index in [4.69, 9.17) is 11.5 Å². The first-order valence-corrected chi connectivity index (χ1v) is 4.41. The minimum atomic E-state index is -0.136. The van der Waals surface area contributed by atoms with Gasteiger partial charge in [-0.15, -0.1) is 0 Å². The molecule has 0 aliphatic carbocycles. The van der Waals surface area contributed by atoms with Gasteiger partial charge in [0.15, 0.2) is 0 Å². The number of hydrogen-bond acceptors (Lipinski definition) is 3. The molecule has 3 nitrogen and oxygen atoms in total. The number of nitrogen functional groups attached to an aromatic ring is 1. The second-order valence-electron chi connectivity index (χ2n) is 3.25. The molecular weight excluding hydrogens is 164 g/mol. The number of hydrogen-bond donors (Lipinski definition) is 3. The third kappa shape index (κ3) is 1.75. The molecule has 0 amide bonds. The number of phenols is 1. The van der Waals surface area contributed by atoms with E-state index >= 15 is 0 Å². The molecule has 1 rings (SSSR count). The van der Waals surface area contributed by atoms with Crippen LogP contribution in [0.25, 0.3) is 0 Å². The van der Waals surface area contributed by atoms with Crippen molar-refractivity contribution in [3.8, 4) is 5.75 Å². The van der Waals surface area contributed by atoms with Crippen molar-refractivity contribution >= 4 is 5.69 Å². The molecule has 0 bridgehead atoms. The lowest BCUT2D eigenvalue weighted by Crippen LogP contribution is -2.11. The van der Waals surface area contributed by atoms with Gasteiger partial charge >= 0.3 is 0 Å². The van der Waals surface area contributed by atoms with Crippen molar-refractivity contribution < 1.29 is 5.11 Å². The molecule has 0 saturated heterocycles. The fraction of sp³-hybridized carbons (Fsp3) is 0.400. The zero-order chi connectivity index (χ0) is 10.0. The Balaban J connectivity index is 3.25. The van der Waals surface area contributed by atoms with Gasteiger partial charge in [0.05, 0.1) is 5.69 Å². The fourth-order valence-electron chi connectivity index (χ4n) is 1.40. The Morgan fingerprint density at radius 2 is 2.08 bits per heavy atom. The minimum absolute atomic E-state index is 0.134. The average Bonchev–Trinajstić information content (AvgIpc) is 2.12. The summed E-state index contributed by atoms with van der Waals surface area (Å²) in [5.74, 6) is 0.134. The summed E-state index contributed by atoms with van der Waals surface area (Å²) in [6.07, 6.45) is 0.790. The summed E-state index contributed by atoms with van der Waals surface area (Å²) in [6.45, 7) is 3.90. The molecule has 5 N–H and O–H groups in total. The summed E-state index contributed by atoms with van der Waals surface area (Å²) in [7, 11) is 0. The molecule has 3 heteroatoms. The second-order valence-corrected chi connectivity index (χ2v) is 3.25. The second kappa shape index (κ2) is 3.66. The smallest absolute Gasteiger partial charge is 0.143 e. The van der Waals surface area contributed by atoms with Crippen molar-refractivity contribution in [3.05, 3.63) is 23.3 Å². The van der Waals surface area contributed by atoms with E-state index in [-0.39, 0.29) is 11.8 Å². The van der Waals surface area contributed by atoms with E-state index in [1.807, 2.05) is 19.9 Å². The van der Waals surface area contributed by atoms with Gasteiger partial charge in [-0.1, -0.05) is 13.0 Å². The molecule has 0 unspecified atom stereocenters. The van der Waals surface area contributed by atoms with Crippen LogP contribution >= 0.6 is 0 Å². The van der Waals surface area contributed by atoms with Gasteiger partial charge in [-0.25, -0.2) is 0 Å². The van der Waals surface area contributed by atoms with Crippen LogP contribution in [-0.4, -0.2) is 5.11 Å². The summed E-state index contributed by atoms with van der Waals surface area (Å²) < 4.78 is 0. The molecule has 72 valence electrons. The highest BCUT2D eigenvalue weighted by molar-refractivity contribution is 5.59. The SMILES string of the molecule is CC[C@@H](N)c1c(C)ccc(N)c1O. The van der Waals surface area contributed by atoms with Crippen molar-refractivity contribution in [1.82, 2.24) is 0 Å². The van der Waals surface area contributed by atoms with Crippen LogP contribution in [0.2, 0.25) is 0 Å². The normalized spacial score (nSPS) is 12.8. The summed E-state index contributed by atoms with van der Waals surface area (Å²) in [5, 5.41) is 9.67. The van der Waals surface area contributed by atoms with Crippen LogP contribution < -0.4 is 11.5 Å². The molecule has 13 heavy (non-hydrogen) atoms. The molecule has 0 aliphatic rings. The number of rotatable bonds is 2. The van der Waals surface area contributed by atoms with Crippen LogP contribution in [0.5, 0.6) is 5.75 Å². The van der Waals surface area contributed by atoms with Crippen molar-refractivity contribution in [2.45, 2.75) is 26.3 Å². The summed E-state index contributed by atoms with van der Waals surface area (Å²) in [5.41, 5.74) is 13.6. The van der Waals surface area contributed by atoms with Crippen LogP contribution in [0.15, 0.2) is 12.1 Å². The minimum Gasteiger partial charge on any atom is -0.505 e. The molecule has 0 saturated carbocycles. The third-order valence-electron chi connectivity index (χ3n) is 2.28. The van der Waals surface area contributed by atoms with Gasteiger partial charge in [0.1, 0.15) is 5.75 Å². The molecule has 0 spiro atoms. The first-order chi connectivity index (χ1) is 6.07. The van der Waals surface area contributed by atoms with Crippen molar-refractivity contribution in [1.29, 1.82) is 0 Å². The van der Waals surface area contributed by atoms with Crippen LogP contribution in [0, 0.1) is 6.92 Å². The maximum absolute atomic E-state index is 9.67. The van der Waals surface area contributed by atoms with Crippen molar-refractivity contribution in [2.24, 2.45) is 5.73 Å². The van der Waals surface area contributed by atoms with Gasteiger partial charge < -0.3 is 16.6 Å². The van der Waals surface area contributed by atoms with E-state index in [2.05, 4.69) is 0 Å². The average molecular weight is 180 g/mol. The Kier molecular flexibility index (Phi) is 2.78. The van der Waals surface area contributed by atoms with Gasteiger partial charge in [-0.3, -0.25) is 0 Å². The monoisotopic (exact) mass is 180 g/mol. The van der Waals surface area contributed by atoms with Crippen LogP contribution in [0.3, 0.4) is 0 Å². The highest BCUT2D eigenvalue weighted by Gasteiger charge is 2.13. The van der Waals surface area contributed by atoms with Gasteiger partial charge in [0.25, 0.3) is 0 Å². The quantitative estimate of drug-likeness (QED) is 0.479. The van der Waals surface area contributed by atoms with Gasteiger partial charge in [-0.05, 0) is 25.0 Å². The number of anilines is 1. The molecule has 1 aromatic rings. The van der Waals surface area contributed by atoms with Gasteiger partial charge in [0, 0.05) is 11.6 Å². The van der Waals surface area contributed by atoms with E-state index in [0.717, 1.165) is 17.5 Å². The van der Waals surface area contributed by atoms with Gasteiger partial charge in [-0.2, -0.15) is 0 Å². The molecule has 1 atom stereocenters. The number of aromatic hydroxyl groups is 1. The number of nitrogens with two attached hydrogens (primary N) is 2. The summed E-state index contributed by atoms with van der Waals surface area (Å²) in [6, 6.07) is 3.43. The maximum atomic E-state index is 9.67. The standard InChI is InChI=1S/C10H16N2O/c1-3-7(11)9-6(2)4-5-8(12)10(9)13/h4-5,7,13H,3,11-12H2,1-2H3/t7-/m1/s1. The van der Waals surface area contributed by atoms with E-state index < -0.39 is 0 Å². The Hall–Kier alpha value is -1.22. The number of aryl methyl sites for hydroxylation is 1. The highest BCUT2D eigenvalue weighted by atomic mass is 16.3. The summed E-state index contributed by atoms with van der Waals surface area (Å²) >= 11 is 0. The van der Waals surface area contributed by atoms with Crippen LogP contribution in [-0.2, 0) is 0 Å². The molecule has 0 heterocycles. The molecule has 0 aliphatic heterocycles. The Bertz CT molecular complexity index is 310. The zero-order valence-corrected chi connectivity index (χ0v) is 8.04. The topological polar surface area (TPSA) is 72.3 Å². The van der Waals surface area contributed by atoms with E-state index in [1.165, 1.54) is 0 Å². The van der Waals surface area contributed by atoms with Crippen LogP contribution in [0.1, 0.15) is 30.5 Å². The largest absolute Gasteiger partial charge is 0.505 e. The molecule has 0 aromatic heterocycles. The Morgan fingerprint density at radius 1 is 1.46 bits per heavy atom. The molecule has 1 aromatic carbocycles. The van der Waals surface area contributed by atoms with Crippen molar-refractivity contribution in [2.75, 3.05) is 5.73 Å². The Morgan fingerprint density at radius 3 is 2.62 bits per heavy atom. The van der Waals surface area contributed by atoms with E-state index in [1.54, 1.807) is 6.07 Å². The third-order valence-corrected chi connectivity index (χ3v) is 2.28. The first-order valence-electron chi connectivity index (χ1n) is 4.41. The predicted octanol–water partition coefficient (Wildman–Crippen LogP) is 1.69. The van der Waals surface area contributed by atoms with Crippen molar-refractivity contribution in [3.63, 3.8) is 0 Å². The zero-order valence-electron chi connectivity index (χ0n) is 8.04.